The number of hydrogen-bond donors (Lipinski definition) is 1. The van der Waals surface area contributed by atoms with Gasteiger partial charge in [0.1, 0.15) is 6.10 Å². The van der Waals surface area contributed by atoms with Gasteiger partial charge in [-0.2, -0.15) is 0 Å². The van der Waals surface area contributed by atoms with Crippen molar-refractivity contribution in [2.24, 2.45) is 0 Å². The fraction of sp³-hybridized carbons (Fsp3) is 0.867. The molecule has 11 heteroatoms. The van der Waals surface area contributed by atoms with E-state index in [1.54, 1.807) is 43.2 Å². The average molecular weight is 451 g/mol. The zero-order valence-electron chi connectivity index (χ0n) is 15.9. The zero-order chi connectivity index (χ0) is 20.2. The molecule has 2 atom stereocenters. The van der Waals surface area contributed by atoms with Crippen LogP contribution in [0.3, 0.4) is 0 Å². The molecule has 2 unspecified atom stereocenters. The van der Waals surface area contributed by atoms with Crippen molar-refractivity contribution in [3.8, 4) is 0 Å². The van der Waals surface area contributed by atoms with Gasteiger partial charge in [-0.15, -0.1) is 0 Å². The number of carbonyl (C=O) groups excluding carboxylic acids is 1. The van der Waals surface area contributed by atoms with Crippen LogP contribution in [0.25, 0.3) is 0 Å². The second-order valence-corrected chi connectivity index (χ2v) is 9.89. The smallest absolute Gasteiger partial charge is 0.335 e. The molecule has 0 aromatic carbocycles. The summed E-state index contributed by atoms with van der Waals surface area (Å²) in [5.74, 6) is 0.826. The van der Waals surface area contributed by atoms with E-state index in [1.807, 2.05) is 12.5 Å². The van der Waals surface area contributed by atoms with Crippen molar-refractivity contribution >= 4 is 54.9 Å². The van der Waals surface area contributed by atoms with Gasteiger partial charge in [-0.25, -0.2) is 4.79 Å². The van der Waals surface area contributed by atoms with Crippen LogP contribution in [0.15, 0.2) is 0 Å². The summed E-state index contributed by atoms with van der Waals surface area (Å²) in [4.78, 5) is 21.3. The molecule has 0 saturated heterocycles. The lowest BCUT2D eigenvalue weighted by Crippen LogP contribution is -2.28. The molecule has 0 spiro atoms. The Bertz CT molecular complexity index is 316. The van der Waals surface area contributed by atoms with E-state index in [0.717, 1.165) is 11.5 Å². The Hall–Kier alpha value is 0.380. The average Bonchev–Trinajstić information content (AvgIpc) is 2.61. The lowest BCUT2D eigenvalue weighted by molar-refractivity contribution is -0.152. The maximum atomic E-state index is 10.9. The Morgan fingerprint density at radius 3 is 1.62 bits per heavy atom. The van der Waals surface area contributed by atoms with Crippen molar-refractivity contribution in [1.29, 1.82) is 0 Å². The number of aliphatic carboxylic acids is 1. The normalized spacial score (nSPS) is 12.8. The van der Waals surface area contributed by atoms with Gasteiger partial charge < -0.3 is 24.1 Å². The van der Waals surface area contributed by atoms with Crippen molar-refractivity contribution in [2.45, 2.75) is 19.1 Å². The summed E-state index contributed by atoms with van der Waals surface area (Å²) in [5.41, 5.74) is 0. The fourth-order valence-electron chi connectivity index (χ4n) is 1.32. The van der Waals surface area contributed by atoms with Crippen LogP contribution in [0.1, 0.15) is 6.92 Å². The lowest BCUT2D eigenvalue weighted by Gasteiger charge is -2.11. The van der Waals surface area contributed by atoms with Gasteiger partial charge in [-0.05, 0) is 19.4 Å². The molecule has 0 radical (unpaired) electrons. The van der Waals surface area contributed by atoms with Crippen LogP contribution in [-0.4, -0.2) is 93.7 Å². The zero-order valence-corrected chi connectivity index (χ0v) is 19.2. The summed E-state index contributed by atoms with van der Waals surface area (Å²) in [6.07, 6.45) is 2.76. The van der Waals surface area contributed by atoms with E-state index in [9.17, 15) is 9.59 Å². The number of carbonyl (C=O) groups is 2. The first-order valence-corrected chi connectivity index (χ1v) is 13.1. The van der Waals surface area contributed by atoms with Gasteiger partial charge in [0.2, 0.25) is 0 Å². The summed E-state index contributed by atoms with van der Waals surface area (Å²) in [6.45, 7) is 3.20. The van der Waals surface area contributed by atoms with Crippen LogP contribution in [-0.2, 0) is 28.5 Å². The third kappa shape index (κ3) is 19.2. The SMILES string of the molecule is COC(COCCSSC)C(=O)O.COC(COCCSSC)C(C)=O. The highest BCUT2D eigenvalue weighted by Gasteiger charge is 2.15. The van der Waals surface area contributed by atoms with Crippen LogP contribution in [0.4, 0.5) is 0 Å². The molecule has 0 aromatic rings. The van der Waals surface area contributed by atoms with Crippen molar-refractivity contribution in [3.63, 3.8) is 0 Å². The number of Topliss-reactive ketones (excluding diaryl/α,β-unsaturated/α-hetero) is 1. The third-order valence-electron chi connectivity index (χ3n) is 2.69. The molecule has 0 aliphatic heterocycles. The summed E-state index contributed by atoms with van der Waals surface area (Å²) in [6, 6.07) is 0. The van der Waals surface area contributed by atoms with Gasteiger partial charge in [0, 0.05) is 25.7 Å². The summed E-state index contributed by atoms with van der Waals surface area (Å²) < 4.78 is 20.0. The van der Waals surface area contributed by atoms with Gasteiger partial charge >= 0.3 is 5.97 Å². The van der Waals surface area contributed by atoms with E-state index in [1.165, 1.54) is 21.1 Å². The Morgan fingerprint density at radius 2 is 1.31 bits per heavy atom. The number of rotatable bonds is 16. The molecular formula is C15H30O7S4. The molecule has 0 aliphatic rings. The molecule has 0 aromatic heterocycles. The molecule has 0 bridgehead atoms. The Labute approximate surface area is 172 Å². The van der Waals surface area contributed by atoms with Crippen molar-refractivity contribution in [2.75, 3.05) is 64.7 Å². The van der Waals surface area contributed by atoms with E-state index in [2.05, 4.69) is 4.74 Å². The minimum atomic E-state index is -0.986. The number of hydrogen-bond acceptors (Lipinski definition) is 10. The van der Waals surface area contributed by atoms with Gasteiger partial charge in [0.05, 0.1) is 26.4 Å². The van der Waals surface area contributed by atoms with Gasteiger partial charge in [0.15, 0.2) is 11.9 Å². The molecular weight excluding hydrogens is 420 g/mol. The highest BCUT2D eigenvalue weighted by Crippen LogP contribution is 2.16. The van der Waals surface area contributed by atoms with E-state index < -0.39 is 18.2 Å². The monoisotopic (exact) mass is 450 g/mol. The van der Waals surface area contributed by atoms with Crippen molar-refractivity contribution < 1.29 is 33.6 Å². The lowest BCUT2D eigenvalue weighted by atomic mass is 10.3. The van der Waals surface area contributed by atoms with Crippen molar-refractivity contribution in [1.82, 2.24) is 0 Å². The van der Waals surface area contributed by atoms with Crippen LogP contribution < -0.4 is 0 Å². The highest BCUT2D eigenvalue weighted by atomic mass is 33.1. The summed E-state index contributed by atoms with van der Waals surface area (Å²) >= 11 is 0. The number of carboxylic acids is 1. The first kappa shape index (κ1) is 28.6. The molecule has 0 heterocycles. The molecule has 0 saturated carbocycles. The van der Waals surface area contributed by atoms with E-state index >= 15 is 0 Å². The Kier molecular flexibility index (Phi) is 23.8. The second-order valence-electron chi connectivity index (χ2n) is 4.52. The Morgan fingerprint density at radius 1 is 0.885 bits per heavy atom. The molecule has 7 nitrogen and oxygen atoms in total. The Balaban J connectivity index is 0. The first-order valence-electron chi connectivity index (χ1n) is 7.70. The van der Waals surface area contributed by atoms with Gasteiger partial charge in [-0.3, -0.25) is 4.79 Å². The van der Waals surface area contributed by atoms with Crippen molar-refractivity contribution in [3.05, 3.63) is 0 Å². The number of carboxylic acid groups (broad SMARTS) is 1. The molecule has 1 N–H and O–H groups in total. The number of methoxy groups -OCH3 is 2. The van der Waals surface area contributed by atoms with E-state index in [-0.39, 0.29) is 12.4 Å². The molecule has 26 heavy (non-hydrogen) atoms. The maximum absolute atomic E-state index is 10.9. The van der Waals surface area contributed by atoms with Crippen LogP contribution in [0.2, 0.25) is 0 Å². The first-order chi connectivity index (χ1) is 12.4. The molecule has 0 amide bonds. The van der Waals surface area contributed by atoms with Crippen LogP contribution >= 0.6 is 43.2 Å². The van der Waals surface area contributed by atoms with E-state index in [0.29, 0.717) is 19.8 Å². The number of ketones is 1. The predicted octanol–water partition coefficient (Wildman–Crippen LogP) is 2.73. The minimum absolute atomic E-state index is 0.0139. The third-order valence-corrected chi connectivity index (χ3v) is 6.25. The van der Waals surface area contributed by atoms with E-state index in [4.69, 9.17) is 19.3 Å². The molecule has 0 aliphatic carbocycles. The fourth-order valence-corrected chi connectivity index (χ4v) is 3.44. The van der Waals surface area contributed by atoms with Crippen LogP contribution in [0, 0.1) is 0 Å². The molecule has 0 fully saturated rings. The minimum Gasteiger partial charge on any atom is -0.479 e. The van der Waals surface area contributed by atoms with Crippen LogP contribution in [0.5, 0.6) is 0 Å². The standard InChI is InChI=1S/C8H16O3S2.C7H14O4S2/c1-7(9)8(10-2)6-11-4-5-13-12-3;1-10-6(7(8)9)5-11-3-4-13-12-2/h8H,4-6H2,1-3H3;6H,3-5H2,1-2H3,(H,8,9). The topological polar surface area (TPSA) is 91.3 Å². The summed E-state index contributed by atoms with van der Waals surface area (Å²) in [5, 5.41) is 8.56. The largest absolute Gasteiger partial charge is 0.479 e. The molecule has 0 rings (SSSR count). The van der Waals surface area contributed by atoms with Gasteiger partial charge in [0.25, 0.3) is 0 Å². The van der Waals surface area contributed by atoms with Gasteiger partial charge in [-0.1, -0.05) is 43.2 Å². The maximum Gasteiger partial charge on any atom is 0.335 e. The molecule has 156 valence electrons. The highest BCUT2D eigenvalue weighted by molar-refractivity contribution is 8.76. The summed E-state index contributed by atoms with van der Waals surface area (Å²) in [7, 11) is 9.67. The second kappa shape index (κ2) is 21.7. The number of ether oxygens (including phenoxy) is 4. The quantitative estimate of drug-likeness (QED) is 0.278. The predicted molar refractivity (Wildman–Crippen MR) is 113 cm³/mol.